The summed E-state index contributed by atoms with van der Waals surface area (Å²) in [5.74, 6) is 1.66. The lowest BCUT2D eigenvalue weighted by Gasteiger charge is -2.35. The van der Waals surface area contributed by atoms with Crippen LogP contribution in [-0.4, -0.2) is 36.6 Å². The van der Waals surface area contributed by atoms with Gasteiger partial charge in [-0.05, 0) is 54.2 Å². The highest BCUT2D eigenvalue weighted by atomic mass is 16.5. The van der Waals surface area contributed by atoms with Crippen molar-refractivity contribution in [2.75, 3.05) is 26.4 Å². The molecule has 0 aliphatic rings. The fourth-order valence-electron chi connectivity index (χ4n) is 3.20. The molecule has 0 aliphatic carbocycles. The third-order valence-corrected chi connectivity index (χ3v) is 5.25. The van der Waals surface area contributed by atoms with Gasteiger partial charge in [-0.2, -0.15) is 0 Å². The smallest absolute Gasteiger partial charge is 0.119 e. The van der Waals surface area contributed by atoms with Gasteiger partial charge in [0, 0.05) is 5.41 Å². The Kier molecular flexibility index (Phi) is 8.97. The lowest BCUT2D eigenvalue weighted by Crippen LogP contribution is -2.37. The summed E-state index contributed by atoms with van der Waals surface area (Å²) in [5.41, 5.74) is 1.69. The first kappa shape index (κ1) is 22.7. The van der Waals surface area contributed by atoms with Crippen molar-refractivity contribution in [3.63, 3.8) is 0 Å². The molecule has 29 heavy (non-hydrogen) atoms. The number of ether oxygens (including phenoxy) is 2. The van der Waals surface area contributed by atoms with Gasteiger partial charge < -0.3 is 19.7 Å². The lowest BCUT2D eigenvalue weighted by molar-refractivity contribution is 0.0189. The van der Waals surface area contributed by atoms with E-state index >= 15 is 0 Å². The second-order valence-corrected chi connectivity index (χ2v) is 7.56. The van der Waals surface area contributed by atoms with Gasteiger partial charge in [0.1, 0.15) is 24.7 Å². The zero-order valence-corrected chi connectivity index (χ0v) is 17.2. The van der Waals surface area contributed by atoms with E-state index in [2.05, 4.69) is 13.2 Å². The number of rotatable bonds is 13. The molecule has 4 heteroatoms. The summed E-state index contributed by atoms with van der Waals surface area (Å²) in [7, 11) is 0. The first-order chi connectivity index (χ1) is 14.0. The Morgan fingerprint density at radius 3 is 1.48 bits per heavy atom. The molecule has 4 nitrogen and oxygen atoms in total. The fraction of sp³-hybridized carbons (Fsp3) is 0.360. The van der Waals surface area contributed by atoms with E-state index in [9.17, 15) is 10.2 Å². The summed E-state index contributed by atoms with van der Waals surface area (Å²) in [5, 5.41) is 20.0. The molecule has 0 spiro atoms. The van der Waals surface area contributed by atoms with Gasteiger partial charge in [0.25, 0.3) is 0 Å². The van der Waals surface area contributed by atoms with Crippen LogP contribution in [0.15, 0.2) is 73.8 Å². The number of hydrogen-bond acceptors (Lipinski definition) is 4. The van der Waals surface area contributed by atoms with Crippen molar-refractivity contribution >= 4 is 0 Å². The minimum atomic E-state index is -0.587. The molecule has 0 aromatic heterocycles. The molecule has 2 N–H and O–H groups in total. The van der Waals surface area contributed by atoms with E-state index in [0.717, 1.165) is 35.5 Å². The van der Waals surface area contributed by atoms with E-state index in [0.29, 0.717) is 13.2 Å². The second-order valence-electron chi connectivity index (χ2n) is 7.56. The van der Waals surface area contributed by atoms with Crippen molar-refractivity contribution < 1.29 is 19.7 Å². The SMILES string of the molecule is C=CCOc1ccc(CC(Cc2ccc(OCC=C)cc2)C(C)(CO)CO)cc1. The zero-order chi connectivity index (χ0) is 21.1. The summed E-state index contributed by atoms with van der Waals surface area (Å²) in [4.78, 5) is 0. The minimum absolute atomic E-state index is 0.0670. The Morgan fingerprint density at radius 2 is 1.17 bits per heavy atom. The highest BCUT2D eigenvalue weighted by Crippen LogP contribution is 2.33. The van der Waals surface area contributed by atoms with E-state index in [-0.39, 0.29) is 19.1 Å². The summed E-state index contributed by atoms with van der Waals surface area (Å²) in [6.45, 7) is 10.0. The monoisotopic (exact) mass is 396 g/mol. The van der Waals surface area contributed by atoms with Crippen LogP contribution in [0.4, 0.5) is 0 Å². The van der Waals surface area contributed by atoms with Crippen molar-refractivity contribution in [3.05, 3.63) is 85.0 Å². The van der Waals surface area contributed by atoms with E-state index in [4.69, 9.17) is 9.47 Å². The van der Waals surface area contributed by atoms with Crippen LogP contribution in [0, 0.1) is 11.3 Å². The normalized spacial score (nSPS) is 11.3. The van der Waals surface area contributed by atoms with Crippen LogP contribution >= 0.6 is 0 Å². The molecule has 0 fully saturated rings. The Bertz CT molecular complexity index is 688. The highest BCUT2D eigenvalue weighted by molar-refractivity contribution is 5.30. The molecule has 0 radical (unpaired) electrons. The number of benzene rings is 2. The van der Waals surface area contributed by atoms with E-state index in [1.165, 1.54) is 0 Å². The van der Waals surface area contributed by atoms with Crippen molar-refractivity contribution in [1.29, 1.82) is 0 Å². The predicted octanol–water partition coefficient (Wildman–Crippen LogP) is 4.21. The molecule has 0 bridgehead atoms. The van der Waals surface area contributed by atoms with Gasteiger partial charge in [-0.3, -0.25) is 0 Å². The molecule has 2 aromatic rings. The van der Waals surface area contributed by atoms with Crippen molar-refractivity contribution in [2.45, 2.75) is 19.8 Å². The maximum Gasteiger partial charge on any atom is 0.119 e. The lowest BCUT2D eigenvalue weighted by atomic mass is 9.72. The summed E-state index contributed by atoms with van der Waals surface area (Å²) < 4.78 is 11.1. The molecule has 0 unspecified atom stereocenters. The van der Waals surface area contributed by atoms with E-state index < -0.39 is 5.41 Å². The molecule has 0 amide bonds. The zero-order valence-electron chi connectivity index (χ0n) is 17.2. The van der Waals surface area contributed by atoms with Crippen molar-refractivity contribution in [3.8, 4) is 11.5 Å². The third kappa shape index (κ3) is 6.77. The van der Waals surface area contributed by atoms with Crippen LogP contribution in [0.2, 0.25) is 0 Å². The molecule has 2 rings (SSSR count). The second kappa shape index (κ2) is 11.4. The van der Waals surface area contributed by atoms with E-state index in [1.807, 2.05) is 55.5 Å². The van der Waals surface area contributed by atoms with E-state index in [1.54, 1.807) is 12.2 Å². The Hall–Kier alpha value is -2.56. The molecule has 0 saturated carbocycles. The average Bonchev–Trinajstić information content (AvgIpc) is 2.77. The third-order valence-electron chi connectivity index (χ3n) is 5.25. The molecule has 0 aliphatic heterocycles. The van der Waals surface area contributed by atoms with Gasteiger partial charge in [0.15, 0.2) is 0 Å². The van der Waals surface area contributed by atoms with Crippen LogP contribution in [-0.2, 0) is 12.8 Å². The van der Waals surface area contributed by atoms with Gasteiger partial charge in [-0.15, -0.1) is 0 Å². The maximum atomic E-state index is 9.98. The number of aliphatic hydroxyl groups excluding tert-OH is 2. The Balaban J connectivity index is 2.14. The largest absolute Gasteiger partial charge is 0.490 e. The molecule has 156 valence electrons. The average molecular weight is 397 g/mol. The molecule has 2 aromatic carbocycles. The standard InChI is InChI=1S/C25H32O4/c1-4-14-28-23-10-6-20(7-11-23)16-22(25(3,18-26)19-27)17-21-8-12-24(13-9-21)29-15-5-2/h4-13,22,26-27H,1-2,14-19H2,3H3. The molecular weight excluding hydrogens is 364 g/mol. The first-order valence-electron chi connectivity index (χ1n) is 9.91. The number of aliphatic hydroxyl groups is 2. The minimum Gasteiger partial charge on any atom is -0.490 e. The molecule has 0 atom stereocenters. The molecule has 0 saturated heterocycles. The van der Waals surface area contributed by atoms with Crippen LogP contribution in [0.25, 0.3) is 0 Å². The van der Waals surface area contributed by atoms with Crippen molar-refractivity contribution in [2.24, 2.45) is 11.3 Å². The number of hydrogen-bond donors (Lipinski definition) is 2. The van der Waals surface area contributed by atoms with Crippen LogP contribution < -0.4 is 9.47 Å². The maximum absolute atomic E-state index is 9.98. The first-order valence-corrected chi connectivity index (χ1v) is 9.91. The highest BCUT2D eigenvalue weighted by Gasteiger charge is 2.33. The van der Waals surface area contributed by atoms with Gasteiger partial charge >= 0.3 is 0 Å². The van der Waals surface area contributed by atoms with Gasteiger partial charge in [0.05, 0.1) is 13.2 Å². The van der Waals surface area contributed by atoms with Gasteiger partial charge in [0.2, 0.25) is 0 Å². The van der Waals surface area contributed by atoms with Crippen LogP contribution in [0.3, 0.4) is 0 Å². The fourth-order valence-corrected chi connectivity index (χ4v) is 3.20. The van der Waals surface area contributed by atoms with Crippen LogP contribution in [0.5, 0.6) is 11.5 Å². The van der Waals surface area contributed by atoms with Crippen molar-refractivity contribution in [1.82, 2.24) is 0 Å². The molecule has 0 heterocycles. The summed E-state index contributed by atoms with van der Waals surface area (Å²) in [6, 6.07) is 15.9. The summed E-state index contributed by atoms with van der Waals surface area (Å²) in [6.07, 6.45) is 4.92. The summed E-state index contributed by atoms with van der Waals surface area (Å²) >= 11 is 0. The quantitative estimate of drug-likeness (QED) is 0.498. The Morgan fingerprint density at radius 1 is 0.793 bits per heavy atom. The molecular formula is C25H32O4. The van der Waals surface area contributed by atoms with Gasteiger partial charge in [-0.25, -0.2) is 0 Å². The predicted molar refractivity (Wildman–Crippen MR) is 117 cm³/mol. The topological polar surface area (TPSA) is 58.9 Å². The van der Waals surface area contributed by atoms with Crippen LogP contribution in [0.1, 0.15) is 18.1 Å². The Labute approximate surface area is 174 Å². The van der Waals surface area contributed by atoms with Gasteiger partial charge in [-0.1, -0.05) is 56.5 Å².